The summed E-state index contributed by atoms with van der Waals surface area (Å²) in [7, 11) is 0. The number of rotatable bonds is 7. The van der Waals surface area contributed by atoms with Gasteiger partial charge in [-0.15, -0.1) is 0 Å². The summed E-state index contributed by atoms with van der Waals surface area (Å²) >= 11 is 6.49. The number of aryl methyl sites for hydroxylation is 1. The van der Waals surface area contributed by atoms with Crippen molar-refractivity contribution in [2.75, 3.05) is 6.54 Å². The molecule has 3 nitrogen and oxygen atoms in total. The predicted octanol–water partition coefficient (Wildman–Crippen LogP) is 4.96. The lowest BCUT2D eigenvalue weighted by molar-refractivity contribution is 0.308. The largest absolute Gasteiger partial charge is 0.308 e. The number of hydrogen-bond acceptors (Lipinski definition) is 2. The monoisotopic (exact) mass is 311 g/mol. The number of nitrogens with one attached hydrogen (secondary N) is 1. The molecule has 0 radical (unpaired) electrons. The summed E-state index contributed by atoms with van der Waals surface area (Å²) in [5.74, 6) is 0.698. The number of aromatic nitrogens is 2. The van der Waals surface area contributed by atoms with E-state index >= 15 is 0 Å². The molecule has 1 aliphatic carbocycles. The second-order valence-electron chi connectivity index (χ2n) is 6.28. The predicted molar refractivity (Wildman–Crippen MR) is 89.8 cm³/mol. The van der Waals surface area contributed by atoms with Gasteiger partial charge in [-0.05, 0) is 38.1 Å². The van der Waals surface area contributed by atoms with E-state index in [1.54, 1.807) is 0 Å². The maximum Gasteiger partial charge on any atom is 0.0834 e. The third-order valence-electron chi connectivity index (χ3n) is 4.55. The molecule has 1 heterocycles. The molecule has 1 saturated carbocycles. The third kappa shape index (κ3) is 4.46. The van der Waals surface area contributed by atoms with Gasteiger partial charge in [0.05, 0.1) is 23.0 Å². The average molecular weight is 312 g/mol. The fourth-order valence-corrected chi connectivity index (χ4v) is 3.76. The Morgan fingerprint density at radius 2 is 1.95 bits per heavy atom. The Kier molecular flexibility index (Phi) is 7.05. The van der Waals surface area contributed by atoms with Crippen molar-refractivity contribution in [1.82, 2.24) is 15.1 Å². The topological polar surface area (TPSA) is 29.9 Å². The first kappa shape index (κ1) is 16.8. The Morgan fingerprint density at radius 3 is 2.57 bits per heavy atom. The van der Waals surface area contributed by atoms with Crippen molar-refractivity contribution in [3.63, 3.8) is 0 Å². The standard InChI is InChI=1S/C17H30ClN3/c1-3-11-19-16(14-9-7-5-6-8-10-14)17-15(18)13-20-21(17)12-4-2/h13-14,16,19H,3-12H2,1-2H3. The fourth-order valence-electron chi connectivity index (χ4n) is 3.50. The molecular formula is C17H30ClN3. The van der Waals surface area contributed by atoms with Crippen LogP contribution in [0, 0.1) is 5.92 Å². The van der Waals surface area contributed by atoms with Crippen LogP contribution < -0.4 is 5.32 Å². The van der Waals surface area contributed by atoms with Gasteiger partial charge in [0.1, 0.15) is 0 Å². The van der Waals surface area contributed by atoms with Gasteiger partial charge in [0.15, 0.2) is 0 Å². The van der Waals surface area contributed by atoms with Gasteiger partial charge in [-0.25, -0.2) is 0 Å². The molecule has 1 aromatic heterocycles. The summed E-state index contributed by atoms with van der Waals surface area (Å²) in [6.45, 7) is 6.43. The van der Waals surface area contributed by atoms with Crippen LogP contribution >= 0.6 is 11.6 Å². The summed E-state index contributed by atoms with van der Waals surface area (Å²) < 4.78 is 2.13. The van der Waals surface area contributed by atoms with Gasteiger partial charge < -0.3 is 5.32 Å². The molecule has 1 aromatic rings. The van der Waals surface area contributed by atoms with E-state index in [0.717, 1.165) is 31.0 Å². The van der Waals surface area contributed by atoms with E-state index in [0.29, 0.717) is 12.0 Å². The van der Waals surface area contributed by atoms with E-state index in [1.807, 2.05) is 6.20 Å². The molecule has 21 heavy (non-hydrogen) atoms. The zero-order valence-electron chi connectivity index (χ0n) is 13.6. The van der Waals surface area contributed by atoms with Gasteiger partial charge >= 0.3 is 0 Å². The zero-order valence-corrected chi connectivity index (χ0v) is 14.3. The van der Waals surface area contributed by atoms with Gasteiger partial charge in [-0.3, -0.25) is 4.68 Å². The molecule has 0 amide bonds. The van der Waals surface area contributed by atoms with Crippen molar-refractivity contribution in [1.29, 1.82) is 0 Å². The zero-order chi connectivity index (χ0) is 15.1. The lowest BCUT2D eigenvalue weighted by Crippen LogP contribution is -2.31. The maximum atomic E-state index is 6.49. The Bertz CT molecular complexity index is 408. The molecule has 0 aromatic carbocycles. The minimum Gasteiger partial charge on any atom is -0.308 e. The van der Waals surface area contributed by atoms with Crippen LogP contribution in [0.2, 0.25) is 5.02 Å². The van der Waals surface area contributed by atoms with Gasteiger partial charge in [-0.1, -0.05) is 51.1 Å². The third-order valence-corrected chi connectivity index (χ3v) is 4.84. The van der Waals surface area contributed by atoms with Gasteiger partial charge in [0.25, 0.3) is 0 Å². The molecule has 0 aliphatic heterocycles. The highest BCUT2D eigenvalue weighted by Crippen LogP contribution is 2.36. The number of nitrogens with zero attached hydrogens (tertiary/aromatic N) is 2. The molecule has 1 atom stereocenters. The van der Waals surface area contributed by atoms with Crippen molar-refractivity contribution in [3.05, 3.63) is 16.9 Å². The Hall–Kier alpha value is -0.540. The van der Waals surface area contributed by atoms with Gasteiger partial charge in [-0.2, -0.15) is 5.10 Å². The molecule has 1 N–H and O–H groups in total. The number of hydrogen-bond donors (Lipinski definition) is 1. The Balaban J connectivity index is 2.23. The molecule has 1 unspecified atom stereocenters. The van der Waals surface area contributed by atoms with Crippen molar-refractivity contribution < 1.29 is 0 Å². The molecule has 0 saturated heterocycles. The Morgan fingerprint density at radius 1 is 1.24 bits per heavy atom. The maximum absolute atomic E-state index is 6.49. The molecule has 4 heteroatoms. The lowest BCUT2D eigenvalue weighted by Gasteiger charge is -2.28. The minimum absolute atomic E-state index is 0.365. The SMILES string of the molecule is CCCNC(c1c(Cl)cnn1CCC)C1CCCCCC1. The molecule has 1 fully saturated rings. The van der Waals surface area contributed by atoms with Crippen LogP contribution in [-0.4, -0.2) is 16.3 Å². The summed E-state index contributed by atoms with van der Waals surface area (Å²) in [4.78, 5) is 0. The van der Waals surface area contributed by atoms with E-state index in [1.165, 1.54) is 44.2 Å². The highest BCUT2D eigenvalue weighted by atomic mass is 35.5. The van der Waals surface area contributed by atoms with Crippen LogP contribution in [0.3, 0.4) is 0 Å². The number of halogens is 1. The Labute approximate surface area is 134 Å². The van der Waals surface area contributed by atoms with Crippen LogP contribution in [0.25, 0.3) is 0 Å². The fraction of sp³-hybridized carbons (Fsp3) is 0.824. The summed E-state index contributed by atoms with van der Waals surface area (Å²) in [5.41, 5.74) is 1.22. The van der Waals surface area contributed by atoms with Crippen LogP contribution in [-0.2, 0) is 6.54 Å². The second kappa shape index (κ2) is 8.79. The molecule has 1 aliphatic rings. The molecule has 2 rings (SSSR count). The van der Waals surface area contributed by atoms with Crippen molar-refractivity contribution in [2.24, 2.45) is 5.92 Å². The summed E-state index contributed by atoms with van der Waals surface area (Å²) in [6, 6.07) is 0.365. The second-order valence-corrected chi connectivity index (χ2v) is 6.69. The van der Waals surface area contributed by atoms with Crippen molar-refractivity contribution in [2.45, 2.75) is 77.8 Å². The van der Waals surface area contributed by atoms with Crippen LogP contribution in [0.4, 0.5) is 0 Å². The van der Waals surface area contributed by atoms with Crippen LogP contribution in [0.1, 0.15) is 76.9 Å². The normalized spacial score (nSPS) is 18.6. The van der Waals surface area contributed by atoms with Gasteiger partial charge in [0.2, 0.25) is 0 Å². The molecule has 0 bridgehead atoms. The van der Waals surface area contributed by atoms with Crippen LogP contribution in [0.5, 0.6) is 0 Å². The summed E-state index contributed by atoms with van der Waals surface area (Å²) in [5, 5.41) is 9.10. The van der Waals surface area contributed by atoms with E-state index in [4.69, 9.17) is 11.6 Å². The highest BCUT2D eigenvalue weighted by molar-refractivity contribution is 6.31. The van der Waals surface area contributed by atoms with E-state index in [-0.39, 0.29) is 0 Å². The van der Waals surface area contributed by atoms with E-state index < -0.39 is 0 Å². The first-order valence-electron chi connectivity index (χ1n) is 8.72. The average Bonchev–Trinajstić information content (AvgIpc) is 2.70. The van der Waals surface area contributed by atoms with E-state index in [9.17, 15) is 0 Å². The minimum atomic E-state index is 0.365. The van der Waals surface area contributed by atoms with Gasteiger partial charge in [0, 0.05) is 6.54 Å². The molecule has 0 spiro atoms. The first-order valence-corrected chi connectivity index (χ1v) is 9.10. The lowest BCUT2D eigenvalue weighted by atomic mass is 9.89. The molecular weight excluding hydrogens is 282 g/mol. The van der Waals surface area contributed by atoms with Crippen LogP contribution in [0.15, 0.2) is 6.20 Å². The molecule has 120 valence electrons. The summed E-state index contributed by atoms with van der Waals surface area (Å²) in [6.07, 6.45) is 12.2. The quantitative estimate of drug-likeness (QED) is 0.721. The van der Waals surface area contributed by atoms with E-state index in [2.05, 4.69) is 28.9 Å². The smallest absolute Gasteiger partial charge is 0.0834 e. The highest BCUT2D eigenvalue weighted by Gasteiger charge is 2.28. The van der Waals surface area contributed by atoms with Crippen molar-refractivity contribution in [3.8, 4) is 0 Å². The van der Waals surface area contributed by atoms with Crippen molar-refractivity contribution >= 4 is 11.6 Å². The first-order chi connectivity index (χ1) is 10.3.